The van der Waals surface area contributed by atoms with Crippen molar-refractivity contribution in [2.24, 2.45) is 12.8 Å². The molecule has 0 fully saturated rings. The molecule has 1 radical (unpaired) electrons. The van der Waals surface area contributed by atoms with Gasteiger partial charge in [0.25, 0.3) is 5.91 Å². The highest BCUT2D eigenvalue weighted by atomic mass is 16.1. The minimum Gasteiger partial charge on any atom is -0.383 e. The fourth-order valence-corrected chi connectivity index (χ4v) is 2.18. The number of aryl methyl sites for hydroxylation is 1. The lowest BCUT2D eigenvalue weighted by Crippen LogP contribution is -2.13. The topological polar surface area (TPSA) is 130 Å². The first-order valence-electron chi connectivity index (χ1n) is 6.26. The molecule has 8 heteroatoms. The third kappa shape index (κ3) is 2.06. The summed E-state index contributed by atoms with van der Waals surface area (Å²) in [6.45, 7) is 0. The highest BCUT2D eigenvalue weighted by Crippen LogP contribution is 2.25. The fourth-order valence-electron chi connectivity index (χ4n) is 2.18. The molecule has 0 unspecified atom stereocenters. The minimum atomic E-state index is -0.707. The Hall–Kier alpha value is -3.29. The number of carbonyl (C=O) groups is 2. The molecule has 0 saturated heterocycles. The predicted molar refractivity (Wildman–Crippen MR) is 77.9 cm³/mol. The number of rotatable bonds is 3. The third-order valence-electron chi connectivity index (χ3n) is 3.22. The van der Waals surface area contributed by atoms with Gasteiger partial charge in [0.05, 0.1) is 10.9 Å². The van der Waals surface area contributed by atoms with Gasteiger partial charge in [-0.1, -0.05) is 0 Å². The summed E-state index contributed by atoms with van der Waals surface area (Å²) in [5.41, 5.74) is 12.1. The first kappa shape index (κ1) is 13.7. The number of ketones is 1. The van der Waals surface area contributed by atoms with Crippen molar-refractivity contribution in [1.82, 2.24) is 19.5 Å². The zero-order valence-electron chi connectivity index (χ0n) is 11.6. The van der Waals surface area contributed by atoms with Crippen molar-refractivity contribution in [3.8, 4) is 0 Å². The van der Waals surface area contributed by atoms with E-state index in [0.717, 1.165) is 0 Å². The quantitative estimate of drug-likeness (QED) is 0.658. The maximum Gasteiger partial charge on any atom is 0.267 e. The van der Waals surface area contributed by atoms with Crippen LogP contribution >= 0.6 is 0 Å². The van der Waals surface area contributed by atoms with E-state index in [1.54, 1.807) is 17.8 Å². The Bertz CT molecular complexity index is 898. The number of nitrogens with two attached hydrogens (primary N) is 2. The van der Waals surface area contributed by atoms with E-state index in [4.69, 9.17) is 11.5 Å². The first-order valence-corrected chi connectivity index (χ1v) is 6.26. The van der Waals surface area contributed by atoms with Crippen LogP contribution in [0.4, 0.5) is 5.82 Å². The van der Waals surface area contributed by atoms with Crippen LogP contribution in [0.2, 0.25) is 0 Å². The van der Waals surface area contributed by atoms with Crippen LogP contribution in [-0.4, -0.2) is 31.2 Å². The average Bonchev–Trinajstić information content (AvgIpc) is 2.85. The zero-order chi connectivity index (χ0) is 15.9. The summed E-state index contributed by atoms with van der Waals surface area (Å²) in [5, 5.41) is 0.481. The van der Waals surface area contributed by atoms with Crippen molar-refractivity contribution in [1.29, 1.82) is 0 Å². The van der Waals surface area contributed by atoms with Crippen molar-refractivity contribution in [2.45, 2.75) is 0 Å². The highest BCUT2D eigenvalue weighted by molar-refractivity contribution is 6.17. The van der Waals surface area contributed by atoms with E-state index in [1.807, 2.05) is 0 Å². The molecule has 3 aromatic heterocycles. The molecule has 0 atom stereocenters. The second-order valence-corrected chi connectivity index (χ2v) is 4.66. The Morgan fingerprint density at radius 2 is 2.05 bits per heavy atom. The van der Waals surface area contributed by atoms with Gasteiger partial charge >= 0.3 is 0 Å². The van der Waals surface area contributed by atoms with E-state index in [-0.39, 0.29) is 22.9 Å². The smallest absolute Gasteiger partial charge is 0.267 e. The van der Waals surface area contributed by atoms with Crippen LogP contribution in [0.5, 0.6) is 0 Å². The number of anilines is 1. The number of aromatic nitrogens is 4. The number of pyridine rings is 1. The largest absolute Gasteiger partial charge is 0.383 e. The highest BCUT2D eigenvalue weighted by Gasteiger charge is 2.19. The summed E-state index contributed by atoms with van der Waals surface area (Å²) in [4.78, 5) is 35.4. The van der Waals surface area contributed by atoms with Crippen LogP contribution in [0.1, 0.15) is 26.4 Å². The summed E-state index contributed by atoms with van der Waals surface area (Å²) in [7, 11) is 1.76. The van der Waals surface area contributed by atoms with Crippen LogP contribution in [0.25, 0.3) is 11.0 Å². The Morgan fingerprint density at radius 1 is 1.27 bits per heavy atom. The summed E-state index contributed by atoms with van der Waals surface area (Å²) in [5.74, 6) is -0.798. The number of primary amides is 1. The summed E-state index contributed by atoms with van der Waals surface area (Å²) >= 11 is 0. The number of carbonyl (C=O) groups excluding carboxylic acids is 2. The molecule has 0 aliphatic heterocycles. The third-order valence-corrected chi connectivity index (χ3v) is 3.22. The molecule has 0 aliphatic carbocycles. The number of fused-ring (bicyclic) bond motifs is 1. The molecule has 0 aliphatic rings. The van der Waals surface area contributed by atoms with Gasteiger partial charge in [-0.05, 0) is 6.07 Å². The monoisotopic (exact) mass is 295 g/mol. The minimum absolute atomic E-state index is 0.0303. The molecule has 3 rings (SSSR count). The van der Waals surface area contributed by atoms with Crippen LogP contribution in [0.15, 0.2) is 24.8 Å². The van der Waals surface area contributed by atoms with Crippen molar-refractivity contribution >= 4 is 28.5 Å². The number of nitrogen functional groups attached to an aromatic ring is 1. The number of nitrogens with zero attached hydrogens (tertiary/aromatic N) is 4. The summed E-state index contributed by atoms with van der Waals surface area (Å²) in [6.07, 6.45) is 4.24. The fraction of sp³-hybridized carbons (Fsp3) is 0.0714. The lowest BCUT2D eigenvalue weighted by Gasteiger charge is -2.01. The lowest BCUT2D eigenvalue weighted by atomic mass is 10.1. The van der Waals surface area contributed by atoms with Gasteiger partial charge in [0.1, 0.15) is 23.5 Å². The molecule has 0 bridgehead atoms. The van der Waals surface area contributed by atoms with Gasteiger partial charge in [-0.25, -0.2) is 15.0 Å². The maximum atomic E-state index is 12.6. The van der Waals surface area contributed by atoms with E-state index in [2.05, 4.69) is 21.0 Å². The van der Waals surface area contributed by atoms with Gasteiger partial charge < -0.3 is 16.0 Å². The Kier molecular flexibility index (Phi) is 3.06. The van der Waals surface area contributed by atoms with Crippen LogP contribution in [-0.2, 0) is 7.05 Å². The van der Waals surface area contributed by atoms with Gasteiger partial charge in [-0.15, -0.1) is 0 Å². The van der Waals surface area contributed by atoms with Crippen molar-refractivity contribution in [2.75, 3.05) is 5.73 Å². The van der Waals surface area contributed by atoms with Gasteiger partial charge in [0, 0.05) is 31.1 Å². The SMILES string of the molecule is Cn1cc(C(=O)c2c[c]c(C(N)=O)nc2)c2c(N)ncnc21. The van der Waals surface area contributed by atoms with Gasteiger partial charge in [0.15, 0.2) is 5.78 Å². The molecule has 4 N–H and O–H groups in total. The predicted octanol–water partition coefficient (Wildman–Crippen LogP) is 0.0756. The van der Waals surface area contributed by atoms with Crippen molar-refractivity contribution in [3.63, 3.8) is 0 Å². The molecule has 1 amide bonds. The Morgan fingerprint density at radius 3 is 2.68 bits per heavy atom. The lowest BCUT2D eigenvalue weighted by molar-refractivity contribution is 0.0991. The molecule has 22 heavy (non-hydrogen) atoms. The Balaban J connectivity index is 2.11. The molecule has 0 saturated carbocycles. The van der Waals surface area contributed by atoms with Crippen molar-refractivity contribution < 1.29 is 9.59 Å². The van der Waals surface area contributed by atoms with Gasteiger partial charge in [-0.2, -0.15) is 0 Å². The molecule has 3 heterocycles. The summed E-state index contributed by atoms with van der Waals surface area (Å²) in [6, 6.07) is 3.95. The Labute approximate surface area is 124 Å². The first-order chi connectivity index (χ1) is 10.5. The molecular weight excluding hydrogens is 284 g/mol. The zero-order valence-corrected chi connectivity index (χ0v) is 11.6. The second kappa shape index (κ2) is 4.92. The average molecular weight is 295 g/mol. The summed E-state index contributed by atoms with van der Waals surface area (Å²) < 4.78 is 1.69. The van der Waals surface area contributed by atoms with Gasteiger partial charge in [0.2, 0.25) is 0 Å². The van der Waals surface area contributed by atoms with Crippen molar-refractivity contribution in [3.05, 3.63) is 47.7 Å². The molecule has 0 spiro atoms. The van der Waals surface area contributed by atoms with Crippen LogP contribution < -0.4 is 11.5 Å². The molecule has 0 aromatic carbocycles. The number of hydrogen-bond donors (Lipinski definition) is 2. The molecular formula is C14H11N6O2. The maximum absolute atomic E-state index is 12.6. The number of hydrogen-bond acceptors (Lipinski definition) is 6. The van der Waals surface area contributed by atoms with E-state index >= 15 is 0 Å². The standard InChI is InChI=1S/C14H11N6O2/c1-20-5-8(10-12(15)18-6-19-14(10)20)11(21)7-2-3-9(13(16)22)17-4-7/h2,4-6H,1H3,(H2,16,22)(H2,15,18,19). The van der Waals surface area contributed by atoms with Gasteiger partial charge in [-0.3, -0.25) is 9.59 Å². The number of amides is 1. The molecule has 3 aromatic rings. The van der Waals surface area contributed by atoms with Crippen LogP contribution in [0.3, 0.4) is 0 Å². The van der Waals surface area contributed by atoms with Crippen LogP contribution in [0, 0.1) is 6.07 Å². The normalized spacial score (nSPS) is 10.8. The van der Waals surface area contributed by atoms with E-state index in [9.17, 15) is 9.59 Å². The second-order valence-electron chi connectivity index (χ2n) is 4.66. The van der Waals surface area contributed by atoms with E-state index in [1.165, 1.54) is 18.6 Å². The molecule has 8 nitrogen and oxygen atoms in total. The van der Waals surface area contributed by atoms with E-state index < -0.39 is 5.91 Å². The van der Waals surface area contributed by atoms with E-state index in [0.29, 0.717) is 16.6 Å². The molecule has 109 valence electrons.